The average molecular weight is 554 g/mol. The first-order valence-electron chi connectivity index (χ1n) is 13.3. The molecule has 0 unspecified atom stereocenters. The average Bonchev–Trinajstić information content (AvgIpc) is 3.21. The number of fused-ring (bicyclic) bond motifs is 3. The van der Waals surface area contributed by atoms with Crippen LogP contribution in [0.5, 0.6) is 0 Å². The SMILES string of the molecule is C[C@@H]1Cc2c([nH]c3ccc(F)cc23)[C@@H](c2c(F)cc([C@H](C)C3CN(CCCF)C3)cc2F)N1CC(F)(F)CO. The van der Waals surface area contributed by atoms with Gasteiger partial charge in [0, 0.05) is 47.8 Å². The topological polar surface area (TPSA) is 42.5 Å². The first-order chi connectivity index (χ1) is 18.5. The van der Waals surface area contributed by atoms with Crippen LogP contribution in [0.25, 0.3) is 10.9 Å². The van der Waals surface area contributed by atoms with Gasteiger partial charge in [0.05, 0.1) is 19.3 Å². The van der Waals surface area contributed by atoms with Gasteiger partial charge in [0.1, 0.15) is 24.1 Å². The Balaban J connectivity index is 1.54. The van der Waals surface area contributed by atoms with E-state index in [1.807, 2.05) is 6.92 Å². The van der Waals surface area contributed by atoms with E-state index in [0.717, 1.165) is 0 Å². The van der Waals surface area contributed by atoms with Crippen molar-refractivity contribution in [3.8, 4) is 0 Å². The molecule has 2 aliphatic rings. The van der Waals surface area contributed by atoms with Gasteiger partial charge in [-0.2, -0.15) is 0 Å². The van der Waals surface area contributed by atoms with Gasteiger partial charge in [-0.05, 0) is 73.1 Å². The number of likely N-dealkylation sites (tertiary alicyclic amines) is 1. The summed E-state index contributed by atoms with van der Waals surface area (Å²) in [6, 6.07) is 4.85. The third-order valence-corrected chi connectivity index (χ3v) is 8.42. The number of rotatable bonds is 9. The molecule has 0 aliphatic carbocycles. The molecule has 0 amide bonds. The van der Waals surface area contributed by atoms with Gasteiger partial charge in [-0.3, -0.25) is 9.29 Å². The van der Waals surface area contributed by atoms with E-state index in [1.165, 1.54) is 35.2 Å². The van der Waals surface area contributed by atoms with Gasteiger partial charge >= 0.3 is 0 Å². The largest absolute Gasteiger partial charge is 0.390 e. The molecular weight excluding hydrogens is 520 g/mol. The number of halogens is 6. The summed E-state index contributed by atoms with van der Waals surface area (Å²) in [5.41, 5.74) is 1.62. The second kappa shape index (κ2) is 10.8. The Bertz CT molecular complexity index is 1320. The van der Waals surface area contributed by atoms with Gasteiger partial charge in [0.2, 0.25) is 0 Å². The molecule has 1 fully saturated rings. The highest BCUT2D eigenvalue weighted by atomic mass is 19.3. The van der Waals surface area contributed by atoms with E-state index in [9.17, 15) is 22.7 Å². The normalized spacial score (nSPS) is 21.8. The first-order valence-corrected chi connectivity index (χ1v) is 13.3. The molecule has 3 atom stereocenters. The van der Waals surface area contributed by atoms with Gasteiger partial charge in [0.25, 0.3) is 5.92 Å². The molecule has 2 aromatic carbocycles. The number of hydrogen-bond donors (Lipinski definition) is 2. The summed E-state index contributed by atoms with van der Waals surface area (Å²) in [6.07, 6.45) is 0.711. The lowest BCUT2D eigenvalue weighted by atomic mass is 9.81. The third-order valence-electron chi connectivity index (χ3n) is 8.42. The van der Waals surface area contributed by atoms with Crippen molar-refractivity contribution in [2.45, 2.75) is 50.6 Å². The molecule has 2 aliphatic heterocycles. The fraction of sp³-hybridized carbons (Fsp3) is 0.517. The minimum atomic E-state index is -3.50. The van der Waals surface area contributed by atoms with Crippen molar-refractivity contribution in [2.75, 3.05) is 39.5 Å². The quantitative estimate of drug-likeness (QED) is 0.322. The Hall–Kier alpha value is -2.56. The summed E-state index contributed by atoms with van der Waals surface area (Å²) in [4.78, 5) is 6.53. The lowest BCUT2D eigenvalue weighted by Crippen LogP contribution is -2.49. The highest BCUT2D eigenvalue weighted by Gasteiger charge is 2.44. The van der Waals surface area contributed by atoms with Gasteiger partial charge in [-0.15, -0.1) is 0 Å². The number of aromatic amines is 1. The number of alkyl halides is 3. The van der Waals surface area contributed by atoms with Gasteiger partial charge in [0.15, 0.2) is 0 Å². The Kier molecular flexibility index (Phi) is 7.74. The number of aromatic nitrogens is 1. The number of H-pyrrole nitrogens is 1. The molecule has 5 rings (SSSR count). The smallest absolute Gasteiger partial charge is 0.283 e. The van der Waals surface area contributed by atoms with E-state index in [0.29, 0.717) is 53.8 Å². The van der Waals surface area contributed by atoms with Gasteiger partial charge in [-0.25, -0.2) is 22.0 Å². The van der Waals surface area contributed by atoms with Crippen LogP contribution in [0.1, 0.15) is 54.6 Å². The zero-order valence-electron chi connectivity index (χ0n) is 22.0. The van der Waals surface area contributed by atoms with Crippen molar-refractivity contribution in [2.24, 2.45) is 5.92 Å². The molecule has 0 radical (unpaired) electrons. The van der Waals surface area contributed by atoms with Crippen molar-refractivity contribution in [1.29, 1.82) is 0 Å². The zero-order valence-corrected chi connectivity index (χ0v) is 22.0. The van der Waals surface area contributed by atoms with Crippen LogP contribution in [0.2, 0.25) is 0 Å². The van der Waals surface area contributed by atoms with Gasteiger partial charge in [-0.1, -0.05) is 6.92 Å². The van der Waals surface area contributed by atoms with Crippen molar-refractivity contribution in [1.82, 2.24) is 14.8 Å². The fourth-order valence-electron chi connectivity index (χ4n) is 6.19. The van der Waals surface area contributed by atoms with Gasteiger partial charge < -0.3 is 15.0 Å². The predicted octanol–water partition coefficient (Wildman–Crippen LogP) is 5.94. The minimum Gasteiger partial charge on any atom is -0.390 e. The van der Waals surface area contributed by atoms with Crippen LogP contribution in [0.15, 0.2) is 30.3 Å². The standard InChI is InChI=1S/C29H33F6N3O/c1-16-8-22-21-11-20(31)4-5-25(21)36-27(22)28(38(16)14-29(34,35)15-39)26-23(32)9-18(10-24(26)33)17(2)19-12-37(13-19)7-3-6-30/h4-5,9-11,16-17,19,28,36,39H,3,6-8,12-15H2,1-2H3/t16-,17+,28-/m1/s1. The summed E-state index contributed by atoms with van der Waals surface area (Å²) in [7, 11) is 0. The number of hydrogen-bond acceptors (Lipinski definition) is 3. The van der Waals surface area contributed by atoms with Crippen molar-refractivity contribution < 1.29 is 31.4 Å². The summed E-state index contributed by atoms with van der Waals surface area (Å²) in [5.74, 6) is -5.66. The van der Waals surface area contributed by atoms with Crippen LogP contribution < -0.4 is 0 Å². The number of benzene rings is 2. The minimum absolute atomic E-state index is 0.156. The first kappa shape index (κ1) is 28.0. The zero-order chi connectivity index (χ0) is 28.1. The van der Waals surface area contributed by atoms with E-state index >= 15 is 8.78 Å². The molecule has 3 heterocycles. The van der Waals surface area contributed by atoms with E-state index in [2.05, 4.69) is 9.88 Å². The van der Waals surface area contributed by atoms with Crippen LogP contribution in [-0.2, 0) is 6.42 Å². The van der Waals surface area contributed by atoms with Crippen molar-refractivity contribution in [3.05, 3.63) is 70.2 Å². The second-order valence-corrected chi connectivity index (χ2v) is 11.1. The molecular formula is C29H33F6N3O. The van der Waals surface area contributed by atoms with E-state index < -0.39 is 48.6 Å². The Morgan fingerprint density at radius 3 is 2.44 bits per heavy atom. The van der Waals surface area contributed by atoms with Crippen LogP contribution in [0, 0.1) is 23.4 Å². The number of aliphatic hydroxyl groups excluding tert-OH is 1. The molecule has 4 nitrogen and oxygen atoms in total. The number of nitrogens with zero attached hydrogens (tertiary/aromatic N) is 2. The molecule has 1 saturated heterocycles. The van der Waals surface area contributed by atoms with Crippen molar-refractivity contribution in [3.63, 3.8) is 0 Å². The lowest BCUT2D eigenvalue weighted by Gasteiger charge is -2.43. The van der Waals surface area contributed by atoms with E-state index in [4.69, 9.17) is 0 Å². The van der Waals surface area contributed by atoms with E-state index in [-0.39, 0.29) is 30.5 Å². The van der Waals surface area contributed by atoms with Crippen LogP contribution in [-0.4, -0.2) is 71.3 Å². The molecule has 1 aromatic heterocycles. The summed E-state index contributed by atoms with van der Waals surface area (Å²) < 4.78 is 87.3. The third kappa shape index (κ3) is 5.30. The maximum absolute atomic E-state index is 15.9. The second-order valence-electron chi connectivity index (χ2n) is 11.1. The number of nitrogens with one attached hydrogen (secondary N) is 1. The molecule has 0 saturated carbocycles. The lowest BCUT2D eigenvalue weighted by molar-refractivity contribution is -0.0869. The molecule has 10 heteroatoms. The maximum Gasteiger partial charge on any atom is 0.283 e. The summed E-state index contributed by atoms with van der Waals surface area (Å²) in [6.45, 7) is 2.95. The van der Waals surface area contributed by atoms with E-state index in [1.54, 1.807) is 6.92 Å². The fourth-order valence-corrected chi connectivity index (χ4v) is 6.19. The van der Waals surface area contributed by atoms with Crippen molar-refractivity contribution >= 4 is 10.9 Å². The predicted molar refractivity (Wildman–Crippen MR) is 137 cm³/mol. The Labute approximate surface area is 223 Å². The van der Waals surface area contributed by atoms with Crippen LogP contribution >= 0.6 is 0 Å². The molecule has 2 N–H and O–H groups in total. The van der Waals surface area contributed by atoms with Crippen LogP contribution in [0.4, 0.5) is 26.3 Å². The highest BCUT2D eigenvalue weighted by Crippen LogP contribution is 2.44. The summed E-state index contributed by atoms with van der Waals surface area (Å²) >= 11 is 0. The molecule has 0 bridgehead atoms. The monoisotopic (exact) mass is 553 g/mol. The molecule has 39 heavy (non-hydrogen) atoms. The summed E-state index contributed by atoms with van der Waals surface area (Å²) in [5, 5.41) is 9.81. The van der Waals surface area contributed by atoms with Crippen LogP contribution in [0.3, 0.4) is 0 Å². The Morgan fingerprint density at radius 1 is 1.10 bits per heavy atom. The molecule has 3 aromatic rings. The number of aliphatic hydroxyl groups is 1. The Morgan fingerprint density at radius 2 is 1.79 bits per heavy atom. The molecule has 0 spiro atoms. The molecule has 212 valence electrons. The highest BCUT2D eigenvalue weighted by molar-refractivity contribution is 5.85. The maximum atomic E-state index is 15.9.